The quantitative estimate of drug-likeness (QED) is 0.625. The van der Waals surface area contributed by atoms with Gasteiger partial charge in [0.1, 0.15) is 0 Å². The van der Waals surface area contributed by atoms with Crippen molar-refractivity contribution in [1.82, 2.24) is 10.2 Å². The van der Waals surface area contributed by atoms with Crippen molar-refractivity contribution in [2.24, 2.45) is 5.92 Å². The molecule has 0 spiro atoms. The molecule has 0 aliphatic carbocycles. The lowest BCUT2D eigenvalue weighted by Gasteiger charge is -2.42. The van der Waals surface area contributed by atoms with Gasteiger partial charge in [-0.1, -0.05) is 38.1 Å². The number of hydrogen-bond acceptors (Lipinski definition) is 4. The zero-order valence-corrected chi connectivity index (χ0v) is 18.2. The molecule has 2 atom stereocenters. The van der Waals surface area contributed by atoms with Crippen LogP contribution in [0.15, 0.2) is 41.8 Å². The molecule has 1 aromatic carbocycles. The van der Waals surface area contributed by atoms with Crippen molar-refractivity contribution in [3.8, 4) is 0 Å². The number of ether oxygens (including phenoxy) is 1. The molecule has 6 heteroatoms. The molecule has 0 radical (unpaired) electrons. The van der Waals surface area contributed by atoms with Crippen molar-refractivity contribution >= 4 is 23.2 Å². The molecule has 2 amide bonds. The van der Waals surface area contributed by atoms with Gasteiger partial charge in [-0.2, -0.15) is 0 Å². The summed E-state index contributed by atoms with van der Waals surface area (Å²) in [6, 6.07) is 11.3. The zero-order chi connectivity index (χ0) is 20.8. The normalized spacial score (nSPS) is 18.8. The van der Waals surface area contributed by atoms with Gasteiger partial charge in [0.2, 0.25) is 5.91 Å². The van der Waals surface area contributed by atoms with Crippen LogP contribution in [0.25, 0.3) is 0 Å². The van der Waals surface area contributed by atoms with Crippen molar-refractivity contribution in [2.45, 2.75) is 39.2 Å². The van der Waals surface area contributed by atoms with Crippen LogP contribution in [0.5, 0.6) is 0 Å². The number of thiophene rings is 1. The van der Waals surface area contributed by atoms with Gasteiger partial charge in [-0.25, -0.2) is 0 Å². The zero-order valence-electron chi connectivity index (χ0n) is 17.4. The number of hydrogen-bond donors (Lipinski definition) is 1. The minimum atomic E-state index is -0.423. The van der Waals surface area contributed by atoms with E-state index in [9.17, 15) is 9.59 Å². The second-order valence-corrected chi connectivity index (χ2v) is 8.70. The van der Waals surface area contributed by atoms with Gasteiger partial charge < -0.3 is 15.0 Å². The third kappa shape index (κ3) is 4.87. The molecule has 0 fully saturated rings. The molecule has 0 saturated carbocycles. The lowest BCUT2D eigenvalue weighted by molar-refractivity contribution is -0.124. The van der Waals surface area contributed by atoms with Gasteiger partial charge in [0.15, 0.2) is 0 Å². The summed E-state index contributed by atoms with van der Waals surface area (Å²) < 4.78 is 5.37. The Morgan fingerprint density at radius 2 is 2.03 bits per heavy atom. The standard InChI is InChI=1S/C23H30N2O3S/c1-4-28-13-8-12-24-22(26)20-17-9-5-6-10-18(17)23(27)25(15-16(2)3)21(20)19-11-7-14-29-19/h5-7,9-11,14,16,20-21H,4,8,12-13,15H2,1-3H3,(H,24,26)/t20-,21+/m0/s1. The van der Waals surface area contributed by atoms with Gasteiger partial charge in [-0.05, 0) is 42.3 Å². The van der Waals surface area contributed by atoms with Gasteiger partial charge in [0.25, 0.3) is 5.91 Å². The fraction of sp³-hybridized carbons (Fsp3) is 0.478. The van der Waals surface area contributed by atoms with Crippen LogP contribution in [-0.4, -0.2) is 43.0 Å². The van der Waals surface area contributed by atoms with E-state index in [1.165, 1.54) is 0 Å². The minimum Gasteiger partial charge on any atom is -0.382 e. The SMILES string of the molecule is CCOCCCNC(=O)[C@H]1c2ccccc2C(=O)N(CC(C)C)[C@@H]1c1cccs1. The Kier molecular flexibility index (Phi) is 7.45. The predicted octanol–water partition coefficient (Wildman–Crippen LogP) is 4.23. The number of fused-ring (bicyclic) bond motifs is 1. The summed E-state index contributed by atoms with van der Waals surface area (Å²) in [5.74, 6) is -0.142. The summed E-state index contributed by atoms with van der Waals surface area (Å²) >= 11 is 1.60. The molecule has 156 valence electrons. The average Bonchev–Trinajstić information content (AvgIpc) is 3.23. The van der Waals surface area contributed by atoms with Gasteiger partial charge >= 0.3 is 0 Å². The number of amides is 2. The summed E-state index contributed by atoms with van der Waals surface area (Å²) in [5.41, 5.74) is 1.45. The average molecular weight is 415 g/mol. The van der Waals surface area contributed by atoms with E-state index in [1.807, 2.05) is 53.6 Å². The summed E-state index contributed by atoms with van der Waals surface area (Å²) in [7, 11) is 0. The predicted molar refractivity (Wildman–Crippen MR) is 116 cm³/mol. The van der Waals surface area contributed by atoms with E-state index in [4.69, 9.17) is 4.74 Å². The Hall–Kier alpha value is -2.18. The van der Waals surface area contributed by atoms with E-state index < -0.39 is 5.92 Å². The first-order valence-electron chi connectivity index (χ1n) is 10.3. The highest BCUT2D eigenvalue weighted by Gasteiger charge is 2.44. The number of carbonyl (C=O) groups excluding carboxylic acids is 2. The van der Waals surface area contributed by atoms with Crippen molar-refractivity contribution in [2.75, 3.05) is 26.3 Å². The molecule has 0 saturated heterocycles. The van der Waals surface area contributed by atoms with Crippen molar-refractivity contribution < 1.29 is 14.3 Å². The van der Waals surface area contributed by atoms with Crippen LogP contribution in [0.3, 0.4) is 0 Å². The Balaban J connectivity index is 1.95. The fourth-order valence-electron chi connectivity index (χ4n) is 3.89. The molecule has 1 N–H and O–H groups in total. The number of carbonyl (C=O) groups is 2. The Morgan fingerprint density at radius 1 is 1.24 bits per heavy atom. The summed E-state index contributed by atoms with van der Waals surface area (Å²) in [6.07, 6.45) is 0.770. The van der Waals surface area contributed by atoms with Gasteiger partial charge in [0, 0.05) is 36.7 Å². The number of nitrogens with zero attached hydrogens (tertiary/aromatic N) is 1. The molecule has 2 heterocycles. The molecule has 0 unspecified atom stereocenters. The van der Waals surface area contributed by atoms with Crippen molar-refractivity contribution in [1.29, 1.82) is 0 Å². The summed E-state index contributed by atoms with van der Waals surface area (Å²) in [5, 5.41) is 5.09. The first kappa shape index (κ1) is 21.5. The van der Waals surface area contributed by atoms with E-state index >= 15 is 0 Å². The molecule has 3 rings (SSSR count). The fourth-order valence-corrected chi connectivity index (χ4v) is 4.76. The van der Waals surface area contributed by atoms with E-state index in [2.05, 4.69) is 19.2 Å². The molecule has 29 heavy (non-hydrogen) atoms. The van der Waals surface area contributed by atoms with Gasteiger partial charge in [0.05, 0.1) is 12.0 Å². The Bertz CT molecular complexity index is 819. The smallest absolute Gasteiger partial charge is 0.254 e. The summed E-state index contributed by atoms with van der Waals surface area (Å²) in [4.78, 5) is 29.6. The van der Waals surface area contributed by atoms with Crippen molar-refractivity contribution in [3.63, 3.8) is 0 Å². The molecule has 0 bridgehead atoms. The topological polar surface area (TPSA) is 58.6 Å². The maximum Gasteiger partial charge on any atom is 0.254 e. The summed E-state index contributed by atoms with van der Waals surface area (Å²) in [6.45, 7) is 8.64. The maximum atomic E-state index is 13.4. The second-order valence-electron chi connectivity index (χ2n) is 7.72. The molecule has 5 nitrogen and oxygen atoms in total. The number of rotatable bonds is 9. The molecule has 1 aliphatic heterocycles. The van der Waals surface area contributed by atoms with Crippen LogP contribution in [-0.2, 0) is 9.53 Å². The van der Waals surface area contributed by atoms with Crippen LogP contribution < -0.4 is 5.32 Å². The van der Waals surface area contributed by atoms with Gasteiger partial charge in [-0.3, -0.25) is 9.59 Å². The van der Waals surface area contributed by atoms with E-state index in [-0.39, 0.29) is 17.9 Å². The highest BCUT2D eigenvalue weighted by atomic mass is 32.1. The number of benzene rings is 1. The van der Waals surface area contributed by atoms with E-state index in [1.54, 1.807) is 11.3 Å². The highest BCUT2D eigenvalue weighted by molar-refractivity contribution is 7.10. The van der Waals surface area contributed by atoms with Crippen molar-refractivity contribution in [3.05, 3.63) is 57.8 Å². The maximum absolute atomic E-state index is 13.4. The molecular formula is C23H30N2O3S. The van der Waals surface area contributed by atoms with Crippen LogP contribution in [0, 0.1) is 5.92 Å². The third-order valence-electron chi connectivity index (χ3n) is 5.09. The lowest BCUT2D eigenvalue weighted by atomic mass is 9.81. The van der Waals surface area contributed by atoms with E-state index in [0.717, 1.165) is 16.9 Å². The Labute approximate surface area is 177 Å². The highest BCUT2D eigenvalue weighted by Crippen LogP contribution is 2.44. The molecule has 1 aromatic heterocycles. The first-order chi connectivity index (χ1) is 14.0. The van der Waals surface area contributed by atoms with E-state index in [0.29, 0.717) is 37.8 Å². The number of nitrogens with one attached hydrogen (secondary N) is 1. The van der Waals surface area contributed by atoms with Crippen LogP contribution >= 0.6 is 11.3 Å². The Morgan fingerprint density at radius 3 is 2.72 bits per heavy atom. The van der Waals surface area contributed by atoms with Crippen LogP contribution in [0.1, 0.15) is 60.0 Å². The van der Waals surface area contributed by atoms with Crippen LogP contribution in [0.4, 0.5) is 0 Å². The first-order valence-corrected chi connectivity index (χ1v) is 11.2. The molecular weight excluding hydrogens is 384 g/mol. The molecule has 2 aromatic rings. The minimum absolute atomic E-state index is 0.00750. The molecule has 1 aliphatic rings. The lowest BCUT2D eigenvalue weighted by Crippen LogP contribution is -2.48. The monoisotopic (exact) mass is 414 g/mol. The largest absolute Gasteiger partial charge is 0.382 e. The second kappa shape index (κ2) is 10.0. The van der Waals surface area contributed by atoms with Crippen LogP contribution in [0.2, 0.25) is 0 Å². The third-order valence-corrected chi connectivity index (χ3v) is 6.03. The van der Waals surface area contributed by atoms with Gasteiger partial charge in [-0.15, -0.1) is 11.3 Å².